The molecule has 0 radical (unpaired) electrons. The maximum atomic E-state index is 11.7. The second kappa shape index (κ2) is 6.68. The molecule has 132 valence electrons. The van der Waals surface area contributed by atoms with E-state index in [9.17, 15) is 4.79 Å². The Morgan fingerprint density at radius 3 is 2.56 bits per heavy atom. The van der Waals surface area contributed by atoms with Gasteiger partial charge in [0.2, 0.25) is 5.95 Å². The summed E-state index contributed by atoms with van der Waals surface area (Å²) < 4.78 is 1.52. The lowest BCUT2D eigenvalue weighted by atomic mass is 9.87. The summed E-state index contributed by atoms with van der Waals surface area (Å²) >= 11 is 0. The molecule has 0 fully saturated rings. The summed E-state index contributed by atoms with van der Waals surface area (Å²) in [6.45, 7) is 7.13. The normalized spacial score (nSPS) is 11.8. The van der Waals surface area contributed by atoms with Crippen molar-refractivity contribution in [2.75, 3.05) is 18.5 Å². The number of hydrogen-bond acceptors (Lipinski definition) is 5. The van der Waals surface area contributed by atoms with Gasteiger partial charge in [0.1, 0.15) is 0 Å². The summed E-state index contributed by atoms with van der Waals surface area (Å²) in [6.07, 6.45) is 0.590. The zero-order valence-corrected chi connectivity index (χ0v) is 14.7. The van der Waals surface area contributed by atoms with Crippen LogP contribution in [0.2, 0.25) is 0 Å². The Hall–Kier alpha value is -2.67. The molecule has 2 aromatic heterocycles. The predicted octanol–water partition coefficient (Wildman–Crippen LogP) is 2.18. The van der Waals surface area contributed by atoms with E-state index in [4.69, 9.17) is 5.11 Å². The molecule has 3 rings (SSSR count). The van der Waals surface area contributed by atoms with Crippen LogP contribution in [0.1, 0.15) is 32.8 Å². The topological polar surface area (TPSA) is 95.3 Å². The average molecular weight is 341 g/mol. The molecule has 0 atom stereocenters. The van der Waals surface area contributed by atoms with Crippen LogP contribution in [0.15, 0.2) is 35.1 Å². The minimum atomic E-state index is -0.236. The van der Waals surface area contributed by atoms with Crippen molar-refractivity contribution >= 4 is 11.6 Å². The third-order valence-electron chi connectivity index (χ3n) is 3.98. The van der Waals surface area contributed by atoms with Gasteiger partial charge in [0.05, 0.1) is 0 Å². The van der Waals surface area contributed by atoms with Crippen molar-refractivity contribution in [3.63, 3.8) is 0 Å². The molecule has 0 aliphatic heterocycles. The fourth-order valence-electron chi connectivity index (χ4n) is 2.56. The van der Waals surface area contributed by atoms with Crippen LogP contribution in [0.25, 0.3) is 17.0 Å². The molecule has 25 heavy (non-hydrogen) atoms. The van der Waals surface area contributed by atoms with Gasteiger partial charge in [-0.25, -0.2) is 9.50 Å². The molecule has 7 nitrogen and oxygen atoms in total. The number of H-pyrrole nitrogens is 1. The van der Waals surface area contributed by atoms with Gasteiger partial charge in [0.25, 0.3) is 5.56 Å². The lowest BCUT2D eigenvalue weighted by Gasteiger charge is -2.19. The van der Waals surface area contributed by atoms with Crippen molar-refractivity contribution in [2.45, 2.75) is 32.6 Å². The van der Waals surface area contributed by atoms with E-state index in [1.54, 1.807) is 0 Å². The fourth-order valence-corrected chi connectivity index (χ4v) is 2.56. The van der Waals surface area contributed by atoms with Crippen molar-refractivity contribution in [2.24, 2.45) is 0 Å². The Kier molecular flexibility index (Phi) is 4.59. The van der Waals surface area contributed by atoms with Crippen molar-refractivity contribution < 1.29 is 5.11 Å². The van der Waals surface area contributed by atoms with Crippen LogP contribution < -0.4 is 10.9 Å². The van der Waals surface area contributed by atoms with Crippen LogP contribution in [0, 0.1) is 0 Å². The van der Waals surface area contributed by atoms with Gasteiger partial charge in [0.15, 0.2) is 11.5 Å². The minimum absolute atomic E-state index is 0.0777. The molecule has 0 unspecified atom stereocenters. The number of nitrogens with one attached hydrogen (secondary N) is 2. The third kappa shape index (κ3) is 3.71. The SMILES string of the molecule is CC(C)(C)c1ccc(-c2nc(NCCCO)n3[nH]c(=O)cc3n2)cc1. The highest BCUT2D eigenvalue weighted by Gasteiger charge is 2.15. The zero-order valence-electron chi connectivity index (χ0n) is 14.7. The largest absolute Gasteiger partial charge is 0.396 e. The monoisotopic (exact) mass is 341 g/mol. The Balaban J connectivity index is 2.02. The number of anilines is 1. The molecule has 0 saturated carbocycles. The van der Waals surface area contributed by atoms with E-state index >= 15 is 0 Å². The van der Waals surface area contributed by atoms with Crippen LogP contribution in [-0.4, -0.2) is 37.8 Å². The van der Waals surface area contributed by atoms with Crippen molar-refractivity contribution in [1.29, 1.82) is 0 Å². The van der Waals surface area contributed by atoms with Crippen molar-refractivity contribution in [1.82, 2.24) is 19.6 Å². The molecular formula is C18H23N5O2. The quantitative estimate of drug-likeness (QED) is 0.618. The molecule has 0 aliphatic carbocycles. The number of rotatable bonds is 5. The fraction of sp³-hybridized carbons (Fsp3) is 0.389. The third-order valence-corrected chi connectivity index (χ3v) is 3.98. The second-order valence-corrected chi connectivity index (χ2v) is 7.02. The Morgan fingerprint density at radius 2 is 1.92 bits per heavy atom. The van der Waals surface area contributed by atoms with Gasteiger partial charge >= 0.3 is 0 Å². The van der Waals surface area contributed by atoms with E-state index in [0.29, 0.717) is 30.4 Å². The number of aromatic nitrogens is 4. The van der Waals surface area contributed by atoms with Crippen LogP contribution in [-0.2, 0) is 5.41 Å². The number of fused-ring (bicyclic) bond motifs is 1. The standard InChI is InChI=1S/C18H23N5O2/c1-18(2,3)13-7-5-12(6-8-13)16-20-14-11-15(25)22-23(14)17(21-16)19-9-4-10-24/h5-8,11,24H,4,9-10H2,1-3H3,(H,22,25)(H,19,20,21). The Morgan fingerprint density at radius 1 is 1.20 bits per heavy atom. The van der Waals surface area contributed by atoms with E-state index in [1.807, 2.05) is 12.1 Å². The number of hydrogen-bond donors (Lipinski definition) is 3. The van der Waals surface area contributed by atoms with Crippen molar-refractivity contribution in [3.8, 4) is 11.4 Å². The lowest BCUT2D eigenvalue weighted by Crippen LogP contribution is -2.13. The van der Waals surface area contributed by atoms with Gasteiger partial charge in [-0.1, -0.05) is 45.0 Å². The first-order valence-electron chi connectivity index (χ1n) is 8.34. The molecule has 0 aliphatic rings. The minimum Gasteiger partial charge on any atom is -0.396 e. The molecule has 3 aromatic rings. The van der Waals surface area contributed by atoms with Gasteiger partial charge in [-0.05, 0) is 17.4 Å². The van der Waals surface area contributed by atoms with E-state index in [0.717, 1.165) is 5.56 Å². The summed E-state index contributed by atoms with van der Waals surface area (Å²) in [5.74, 6) is 1.04. The van der Waals surface area contributed by atoms with Crippen LogP contribution in [0.5, 0.6) is 0 Å². The lowest BCUT2D eigenvalue weighted by molar-refractivity contribution is 0.292. The number of aliphatic hydroxyl groups excluding tert-OH is 1. The number of nitrogens with zero attached hydrogens (tertiary/aromatic N) is 3. The van der Waals surface area contributed by atoms with Crippen LogP contribution in [0.3, 0.4) is 0 Å². The van der Waals surface area contributed by atoms with E-state index < -0.39 is 0 Å². The van der Waals surface area contributed by atoms with Crippen LogP contribution >= 0.6 is 0 Å². The first-order valence-corrected chi connectivity index (χ1v) is 8.34. The maximum absolute atomic E-state index is 11.7. The van der Waals surface area contributed by atoms with E-state index in [1.165, 1.54) is 16.1 Å². The molecule has 0 saturated heterocycles. The highest BCUT2D eigenvalue weighted by atomic mass is 16.3. The highest BCUT2D eigenvalue weighted by molar-refractivity contribution is 5.60. The molecule has 0 bridgehead atoms. The van der Waals surface area contributed by atoms with Crippen molar-refractivity contribution in [3.05, 3.63) is 46.2 Å². The summed E-state index contributed by atoms with van der Waals surface area (Å²) in [5, 5.41) is 14.8. The molecule has 7 heteroatoms. The van der Waals surface area contributed by atoms with Gasteiger partial charge < -0.3 is 10.4 Å². The smallest absolute Gasteiger partial charge is 0.266 e. The Labute approximate surface area is 145 Å². The van der Waals surface area contributed by atoms with Gasteiger partial charge in [-0.15, -0.1) is 0 Å². The maximum Gasteiger partial charge on any atom is 0.266 e. The first kappa shape index (κ1) is 17.2. The molecule has 1 aromatic carbocycles. The Bertz CT molecular complexity index is 919. The molecule has 2 heterocycles. The second-order valence-electron chi connectivity index (χ2n) is 7.02. The predicted molar refractivity (Wildman–Crippen MR) is 97.9 cm³/mol. The summed E-state index contributed by atoms with van der Waals surface area (Å²) in [5.41, 5.74) is 2.46. The van der Waals surface area contributed by atoms with E-state index in [-0.39, 0.29) is 17.6 Å². The molecule has 0 amide bonds. The van der Waals surface area contributed by atoms with Gasteiger partial charge in [-0.3, -0.25) is 9.89 Å². The number of aliphatic hydroxyl groups is 1. The number of aromatic amines is 1. The first-order chi connectivity index (χ1) is 11.9. The highest BCUT2D eigenvalue weighted by Crippen LogP contribution is 2.25. The summed E-state index contributed by atoms with van der Waals surface area (Å²) in [4.78, 5) is 20.7. The molecule has 0 spiro atoms. The van der Waals surface area contributed by atoms with E-state index in [2.05, 4.69) is 53.3 Å². The van der Waals surface area contributed by atoms with Gasteiger partial charge in [0, 0.05) is 24.8 Å². The number of benzene rings is 1. The average Bonchev–Trinajstić information content (AvgIpc) is 2.94. The van der Waals surface area contributed by atoms with Crippen LogP contribution in [0.4, 0.5) is 5.95 Å². The summed E-state index contributed by atoms with van der Waals surface area (Å²) in [6, 6.07) is 9.57. The molecular weight excluding hydrogens is 318 g/mol. The zero-order chi connectivity index (χ0) is 18.0. The van der Waals surface area contributed by atoms with Gasteiger partial charge in [-0.2, -0.15) is 4.98 Å². The summed E-state index contributed by atoms with van der Waals surface area (Å²) in [7, 11) is 0. The molecule has 3 N–H and O–H groups in total.